The van der Waals surface area contributed by atoms with Crippen molar-refractivity contribution in [3.05, 3.63) is 28.8 Å². The number of nitrogens with zero attached hydrogens (tertiary/aromatic N) is 2. The standard InChI is InChI=1S/C12H14ClN3O2S/c13-11-5-4-10(9-14)8-12(11)15-19(17,18)16-6-2-1-3-7-16/h4-5,8,15H,1-3,6-7H2. The minimum absolute atomic E-state index is 0.242. The molecule has 1 aliphatic heterocycles. The van der Waals surface area contributed by atoms with Crippen LogP contribution in [-0.4, -0.2) is 25.8 Å². The molecule has 2 rings (SSSR count). The van der Waals surface area contributed by atoms with Gasteiger partial charge in [-0.25, -0.2) is 0 Å². The molecule has 1 aromatic rings. The predicted octanol–water partition coefficient (Wildman–Crippen LogP) is 2.35. The quantitative estimate of drug-likeness (QED) is 0.931. The smallest absolute Gasteiger partial charge is 0.269 e. The molecule has 0 amide bonds. The van der Waals surface area contributed by atoms with Crippen molar-refractivity contribution < 1.29 is 8.42 Å². The van der Waals surface area contributed by atoms with Crippen molar-refractivity contribution in [1.82, 2.24) is 4.31 Å². The molecular weight excluding hydrogens is 286 g/mol. The fraction of sp³-hybridized carbons (Fsp3) is 0.417. The van der Waals surface area contributed by atoms with E-state index >= 15 is 0 Å². The van der Waals surface area contributed by atoms with Gasteiger partial charge in [-0.2, -0.15) is 18.0 Å². The zero-order valence-corrected chi connectivity index (χ0v) is 11.8. The first-order chi connectivity index (χ1) is 9.03. The Morgan fingerprint density at radius 3 is 2.58 bits per heavy atom. The maximum absolute atomic E-state index is 12.2. The van der Waals surface area contributed by atoms with E-state index in [2.05, 4.69) is 4.72 Å². The molecule has 0 unspecified atom stereocenters. The number of benzene rings is 1. The van der Waals surface area contributed by atoms with Gasteiger partial charge >= 0.3 is 10.2 Å². The lowest BCUT2D eigenvalue weighted by molar-refractivity contribution is 0.349. The van der Waals surface area contributed by atoms with Gasteiger partial charge in [0.2, 0.25) is 0 Å². The van der Waals surface area contributed by atoms with Crippen LogP contribution in [0.2, 0.25) is 5.02 Å². The molecule has 0 radical (unpaired) electrons. The van der Waals surface area contributed by atoms with Crippen LogP contribution < -0.4 is 4.72 Å². The number of halogens is 1. The maximum atomic E-state index is 12.2. The van der Waals surface area contributed by atoms with Crippen LogP contribution in [0.1, 0.15) is 24.8 Å². The predicted molar refractivity (Wildman–Crippen MR) is 74.1 cm³/mol. The first-order valence-corrected chi connectivity index (χ1v) is 7.82. The van der Waals surface area contributed by atoms with Gasteiger partial charge in [-0.1, -0.05) is 18.0 Å². The first kappa shape index (κ1) is 14.1. The first-order valence-electron chi connectivity index (χ1n) is 6.00. The number of nitrogens with one attached hydrogen (secondary N) is 1. The molecule has 0 saturated carbocycles. The Kier molecular flexibility index (Phi) is 4.30. The van der Waals surface area contributed by atoms with E-state index in [0.717, 1.165) is 19.3 Å². The van der Waals surface area contributed by atoms with Gasteiger partial charge in [-0.05, 0) is 31.0 Å². The molecule has 0 aliphatic carbocycles. The average molecular weight is 300 g/mol. The number of piperidine rings is 1. The molecule has 1 fully saturated rings. The molecular formula is C12H14ClN3O2S. The third-order valence-corrected chi connectivity index (χ3v) is 4.84. The van der Waals surface area contributed by atoms with Crippen LogP contribution in [-0.2, 0) is 10.2 Å². The summed E-state index contributed by atoms with van der Waals surface area (Å²) in [7, 11) is -3.59. The fourth-order valence-corrected chi connectivity index (χ4v) is 3.52. The molecule has 1 heterocycles. The highest BCUT2D eigenvalue weighted by Gasteiger charge is 2.24. The van der Waals surface area contributed by atoms with Crippen molar-refractivity contribution in [3.63, 3.8) is 0 Å². The third kappa shape index (κ3) is 3.38. The van der Waals surface area contributed by atoms with Crippen molar-refractivity contribution in [2.24, 2.45) is 0 Å². The maximum Gasteiger partial charge on any atom is 0.301 e. The zero-order chi connectivity index (χ0) is 13.9. The van der Waals surface area contributed by atoms with Gasteiger partial charge in [-0.15, -0.1) is 0 Å². The summed E-state index contributed by atoms with van der Waals surface area (Å²) >= 11 is 5.94. The molecule has 0 spiro atoms. The van der Waals surface area contributed by atoms with E-state index in [9.17, 15) is 8.42 Å². The number of nitriles is 1. The Morgan fingerprint density at radius 1 is 1.26 bits per heavy atom. The Labute approximate surface area is 118 Å². The van der Waals surface area contributed by atoms with E-state index in [1.54, 1.807) is 6.07 Å². The van der Waals surface area contributed by atoms with Crippen molar-refractivity contribution in [2.75, 3.05) is 17.8 Å². The summed E-state index contributed by atoms with van der Waals surface area (Å²) in [6, 6.07) is 6.44. The monoisotopic (exact) mass is 299 g/mol. The van der Waals surface area contributed by atoms with E-state index in [4.69, 9.17) is 16.9 Å². The molecule has 7 heteroatoms. The summed E-state index contributed by atoms with van der Waals surface area (Å²) in [6.45, 7) is 1.04. The second-order valence-electron chi connectivity index (χ2n) is 4.37. The molecule has 1 aliphatic rings. The van der Waals surface area contributed by atoms with E-state index in [-0.39, 0.29) is 10.7 Å². The molecule has 0 bridgehead atoms. The van der Waals surface area contributed by atoms with Crippen molar-refractivity contribution >= 4 is 27.5 Å². The molecule has 1 saturated heterocycles. The topological polar surface area (TPSA) is 73.2 Å². The van der Waals surface area contributed by atoms with Gasteiger partial charge in [0.25, 0.3) is 0 Å². The second kappa shape index (κ2) is 5.78. The van der Waals surface area contributed by atoms with Gasteiger partial charge in [0, 0.05) is 13.1 Å². The van der Waals surface area contributed by atoms with Crippen LogP contribution in [0.25, 0.3) is 0 Å². The second-order valence-corrected chi connectivity index (χ2v) is 6.45. The SMILES string of the molecule is N#Cc1ccc(Cl)c(NS(=O)(=O)N2CCCCC2)c1. The van der Waals surface area contributed by atoms with Gasteiger partial charge in [0.1, 0.15) is 0 Å². The van der Waals surface area contributed by atoms with Crippen LogP contribution >= 0.6 is 11.6 Å². The minimum atomic E-state index is -3.59. The Bertz CT molecular complexity index is 604. The highest BCUT2D eigenvalue weighted by molar-refractivity contribution is 7.90. The lowest BCUT2D eigenvalue weighted by Gasteiger charge is -2.26. The van der Waals surface area contributed by atoms with Crippen LogP contribution in [0.15, 0.2) is 18.2 Å². The third-order valence-electron chi connectivity index (χ3n) is 2.99. The summed E-state index contributed by atoms with van der Waals surface area (Å²) in [4.78, 5) is 0. The van der Waals surface area contributed by atoms with Crippen LogP contribution in [0, 0.1) is 11.3 Å². The summed E-state index contributed by atoms with van der Waals surface area (Å²) in [5.41, 5.74) is 0.604. The lowest BCUT2D eigenvalue weighted by Crippen LogP contribution is -2.39. The molecule has 0 atom stereocenters. The van der Waals surface area contributed by atoms with Crippen LogP contribution in [0.5, 0.6) is 0 Å². The highest BCUT2D eigenvalue weighted by atomic mass is 35.5. The molecule has 0 aromatic heterocycles. The normalized spacial score (nSPS) is 16.8. The molecule has 1 aromatic carbocycles. The molecule has 5 nitrogen and oxygen atoms in total. The van der Waals surface area contributed by atoms with Crippen LogP contribution in [0.4, 0.5) is 5.69 Å². The summed E-state index contributed by atoms with van der Waals surface area (Å²) in [5.74, 6) is 0. The number of anilines is 1. The summed E-state index contributed by atoms with van der Waals surface area (Å²) in [6.07, 6.45) is 2.79. The van der Waals surface area contributed by atoms with E-state index in [0.29, 0.717) is 18.7 Å². The van der Waals surface area contributed by atoms with Gasteiger partial charge in [-0.3, -0.25) is 4.72 Å². The van der Waals surface area contributed by atoms with Gasteiger partial charge in [0.05, 0.1) is 22.3 Å². The summed E-state index contributed by atoms with van der Waals surface area (Å²) < 4.78 is 28.2. The van der Waals surface area contributed by atoms with E-state index in [1.807, 2.05) is 6.07 Å². The zero-order valence-electron chi connectivity index (χ0n) is 10.3. The molecule has 102 valence electrons. The molecule has 19 heavy (non-hydrogen) atoms. The number of rotatable bonds is 3. The lowest BCUT2D eigenvalue weighted by atomic mass is 10.2. The minimum Gasteiger partial charge on any atom is -0.269 e. The Morgan fingerprint density at radius 2 is 1.95 bits per heavy atom. The summed E-state index contributed by atoms with van der Waals surface area (Å²) in [5, 5.41) is 9.10. The largest absolute Gasteiger partial charge is 0.301 e. The van der Waals surface area contributed by atoms with Gasteiger partial charge in [0.15, 0.2) is 0 Å². The Hall–Kier alpha value is -1.29. The van der Waals surface area contributed by atoms with Crippen molar-refractivity contribution in [2.45, 2.75) is 19.3 Å². The van der Waals surface area contributed by atoms with Crippen LogP contribution in [0.3, 0.4) is 0 Å². The Balaban J connectivity index is 2.22. The van der Waals surface area contributed by atoms with E-state index in [1.165, 1.54) is 16.4 Å². The number of hydrogen-bond donors (Lipinski definition) is 1. The highest BCUT2D eigenvalue weighted by Crippen LogP contribution is 2.25. The van der Waals surface area contributed by atoms with Crippen molar-refractivity contribution in [1.29, 1.82) is 5.26 Å². The van der Waals surface area contributed by atoms with Gasteiger partial charge < -0.3 is 0 Å². The number of hydrogen-bond acceptors (Lipinski definition) is 3. The van der Waals surface area contributed by atoms with Crippen molar-refractivity contribution in [3.8, 4) is 6.07 Å². The molecule has 1 N–H and O–H groups in total. The fourth-order valence-electron chi connectivity index (χ4n) is 1.98. The average Bonchev–Trinajstić information content (AvgIpc) is 2.42. The van der Waals surface area contributed by atoms with E-state index < -0.39 is 10.2 Å².